The topological polar surface area (TPSA) is 32.3 Å². The van der Waals surface area contributed by atoms with Gasteiger partial charge in [0.15, 0.2) is 0 Å². The normalized spacial score (nSPS) is 27.4. The average Bonchev–Trinajstić information content (AvgIpc) is 3.57. The van der Waals surface area contributed by atoms with Crippen molar-refractivity contribution in [3.8, 4) is 0 Å². The molecule has 0 radical (unpaired) electrons. The fraction of sp³-hybridized carbons (Fsp3) is 0.382. The van der Waals surface area contributed by atoms with Crippen LogP contribution in [0.1, 0.15) is 60.4 Å². The number of carbonyl (C=O) groups excluding carboxylic acids is 1. The highest BCUT2D eigenvalue weighted by molar-refractivity contribution is 5.88. The lowest BCUT2D eigenvalue weighted by Gasteiger charge is -2.46. The van der Waals surface area contributed by atoms with Gasteiger partial charge < -0.3 is 5.32 Å². The lowest BCUT2D eigenvalue weighted by molar-refractivity contribution is -0.137. The highest BCUT2D eigenvalue weighted by Crippen LogP contribution is 2.50. The van der Waals surface area contributed by atoms with Gasteiger partial charge in [0.1, 0.15) is 11.6 Å². The summed E-state index contributed by atoms with van der Waals surface area (Å²) in [6.07, 6.45) is 2.62. The van der Waals surface area contributed by atoms with Crippen molar-refractivity contribution in [2.75, 3.05) is 13.1 Å². The molecule has 1 spiro atoms. The van der Waals surface area contributed by atoms with Gasteiger partial charge in [-0.1, -0.05) is 55.5 Å². The quantitative estimate of drug-likeness (QED) is 0.319. The van der Waals surface area contributed by atoms with Crippen LogP contribution >= 0.6 is 0 Å². The average molecular weight is 581 g/mol. The zero-order valence-electron chi connectivity index (χ0n) is 23.4. The second-order valence-corrected chi connectivity index (χ2v) is 12.1. The minimum absolute atomic E-state index is 0.00264. The van der Waals surface area contributed by atoms with Gasteiger partial charge in [-0.2, -0.15) is 13.2 Å². The van der Waals surface area contributed by atoms with Gasteiger partial charge in [-0.15, -0.1) is 0 Å². The van der Waals surface area contributed by atoms with E-state index in [0.29, 0.717) is 30.4 Å². The van der Waals surface area contributed by atoms with E-state index >= 15 is 0 Å². The first-order chi connectivity index (χ1) is 20.0. The number of fused-ring (bicyclic) bond motifs is 2. The van der Waals surface area contributed by atoms with Gasteiger partial charge in [0.2, 0.25) is 5.91 Å². The van der Waals surface area contributed by atoms with Crippen LogP contribution in [0.5, 0.6) is 0 Å². The van der Waals surface area contributed by atoms with Gasteiger partial charge in [0.05, 0.1) is 11.0 Å². The van der Waals surface area contributed by atoms with Crippen LogP contribution in [0, 0.1) is 17.6 Å². The predicted octanol–water partition coefficient (Wildman–Crippen LogP) is 7.40. The van der Waals surface area contributed by atoms with Gasteiger partial charge in [-0.3, -0.25) is 9.69 Å². The van der Waals surface area contributed by atoms with Gasteiger partial charge >= 0.3 is 6.18 Å². The Kier molecular flexibility index (Phi) is 7.24. The van der Waals surface area contributed by atoms with Crippen LogP contribution in [-0.4, -0.2) is 29.9 Å². The molecule has 2 fully saturated rings. The molecule has 1 saturated carbocycles. The first-order valence-corrected chi connectivity index (χ1v) is 14.4. The number of hydrogen-bond acceptors (Lipinski definition) is 2. The van der Waals surface area contributed by atoms with E-state index in [9.17, 15) is 26.7 Å². The molecule has 6 rings (SSSR count). The molecule has 3 nitrogen and oxygen atoms in total. The van der Waals surface area contributed by atoms with Crippen LogP contribution in [-0.2, 0) is 28.3 Å². The number of amides is 1. The van der Waals surface area contributed by atoms with Gasteiger partial charge in [-0.25, -0.2) is 8.78 Å². The van der Waals surface area contributed by atoms with E-state index in [2.05, 4.69) is 53.6 Å². The molecule has 3 aliphatic rings. The van der Waals surface area contributed by atoms with Crippen molar-refractivity contribution in [1.82, 2.24) is 10.2 Å². The monoisotopic (exact) mass is 580 g/mol. The first kappa shape index (κ1) is 28.6. The number of benzene rings is 3. The maximum absolute atomic E-state index is 14.0. The molecule has 1 amide bonds. The highest BCUT2D eigenvalue weighted by Gasteiger charge is 2.50. The van der Waals surface area contributed by atoms with Crippen molar-refractivity contribution in [2.45, 2.75) is 62.2 Å². The van der Waals surface area contributed by atoms with Crippen molar-refractivity contribution in [3.63, 3.8) is 0 Å². The zero-order valence-corrected chi connectivity index (χ0v) is 23.4. The van der Waals surface area contributed by atoms with Crippen molar-refractivity contribution >= 4 is 12.0 Å². The summed E-state index contributed by atoms with van der Waals surface area (Å²) in [5, 5.41) is 2.79. The number of likely N-dealkylation sites (tertiary alicyclic amines) is 1. The fourth-order valence-corrected chi connectivity index (χ4v) is 7.52. The number of halogens is 5. The Balaban J connectivity index is 1.21. The molecule has 1 aliphatic heterocycles. The second-order valence-electron chi connectivity index (χ2n) is 12.1. The minimum atomic E-state index is -4.70. The summed E-state index contributed by atoms with van der Waals surface area (Å²) in [5.74, 6) is -1.41. The summed E-state index contributed by atoms with van der Waals surface area (Å²) in [6.45, 7) is 3.77. The molecule has 42 heavy (non-hydrogen) atoms. The van der Waals surface area contributed by atoms with Crippen LogP contribution in [0.3, 0.4) is 0 Å². The van der Waals surface area contributed by atoms with E-state index in [1.807, 2.05) is 0 Å². The summed E-state index contributed by atoms with van der Waals surface area (Å²) in [6, 6.07) is 16.8. The highest BCUT2D eigenvalue weighted by atomic mass is 19.4. The Labute approximate surface area is 242 Å². The molecule has 0 bridgehead atoms. The molecule has 1 saturated heterocycles. The molecule has 220 valence electrons. The fourth-order valence-electron chi connectivity index (χ4n) is 7.52. The van der Waals surface area contributed by atoms with Gasteiger partial charge in [-0.05, 0) is 90.7 Å². The minimum Gasteiger partial charge on any atom is -0.351 e. The molecule has 1 heterocycles. The van der Waals surface area contributed by atoms with Crippen LogP contribution < -0.4 is 5.32 Å². The number of alkyl halides is 3. The lowest BCUT2D eigenvalue weighted by Crippen LogP contribution is -2.51. The van der Waals surface area contributed by atoms with Crippen LogP contribution in [0.4, 0.5) is 22.0 Å². The predicted molar refractivity (Wildman–Crippen MR) is 151 cm³/mol. The number of nitrogens with one attached hydrogen (secondary N) is 1. The zero-order chi connectivity index (χ0) is 29.7. The van der Waals surface area contributed by atoms with E-state index in [1.165, 1.54) is 23.3 Å². The smallest absolute Gasteiger partial charge is 0.351 e. The van der Waals surface area contributed by atoms with E-state index in [0.717, 1.165) is 38.1 Å². The SMILES string of the molecule is C[C@H]1CN(C2CCC(C(=O)NCc3cc(F)cc(C(F)(F)F)c3)(c3ccc(F)cc3)C2)CC[C@@]12C=Cc1ccccc12. The third-order valence-electron chi connectivity index (χ3n) is 9.80. The van der Waals surface area contributed by atoms with Crippen molar-refractivity contribution < 1.29 is 26.7 Å². The number of piperidine rings is 1. The van der Waals surface area contributed by atoms with Crippen molar-refractivity contribution in [2.24, 2.45) is 5.92 Å². The Bertz CT molecular complexity index is 1520. The molecule has 3 aromatic rings. The summed E-state index contributed by atoms with van der Waals surface area (Å²) in [7, 11) is 0. The first-order valence-electron chi connectivity index (χ1n) is 14.4. The Morgan fingerprint density at radius 2 is 1.76 bits per heavy atom. The maximum Gasteiger partial charge on any atom is 0.416 e. The van der Waals surface area contributed by atoms with Crippen LogP contribution in [0.2, 0.25) is 0 Å². The molecule has 2 aliphatic carbocycles. The number of rotatable bonds is 5. The Morgan fingerprint density at radius 1 is 1.00 bits per heavy atom. The van der Waals surface area contributed by atoms with E-state index in [-0.39, 0.29) is 29.5 Å². The molecule has 8 heteroatoms. The summed E-state index contributed by atoms with van der Waals surface area (Å²) < 4.78 is 67.5. The number of nitrogens with zero attached hydrogens (tertiary/aromatic N) is 1. The van der Waals surface area contributed by atoms with Crippen LogP contribution in [0.25, 0.3) is 6.08 Å². The number of allylic oxidation sites excluding steroid dienone is 1. The molecule has 0 aromatic heterocycles. The molecular formula is C34H33F5N2O. The van der Waals surface area contributed by atoms with E-state index in [1.54, 1.807) is 12.1 Å². The van der Waals surface area contributed by atoms with E-state index in [4.69, 9.17) is 0 Å². The Hall–Kier alpha value is -3.52. The molecule has 2 unspecified atom stereocenters. The molecule has 4 atom stereocenters. The van der Waals surface area contributed by atoms with Crippen molar-refractivity contribution in [1.29, 1.82) is 0 Å². The molecule has 3 aromatic carbocycles. The van der Waals surface area contributed by atoms with Crippen LogP contribution in [0.15, 0.2) is 72.8 Å². The lowest BCUT2D eigenvalue weighted by atomic mass is 9.67. The summed E-state index contributed by atoms with van der Waals surface area (Å²) in [4.78, 5) is 16.3. The standard InChI is InChI=1S/C34H33F5N2O/c1-22-21-41(15-14-32(22)12-10-24-4-2-3-5-30(24)32)29-11-13-33(19-29,25-6-8-27(35)9-7-25)31(42)40-20-23-16-26(34(37,38)39)18-28(36)17-23/h2-10,12,16-18,22,29H,11,13-15,19-21H2,1H3,(H,40,42)/t22-,29?,32-,33?/m0/s1. The third-order valence-corrected chi connectivity index (χ3v) is 9.80. The third kappa shape index (κ3) is 5.04. The van der Waals surface area contributed by atoms with E-state index < -0.39 is 28.8 Å². The number of hydrogen-bond donors (Lipinski definition) is 1. The van der Waals surface area contributed by atoms with Gasteiger partial charge in [0, 0.05) is 24.5 Å². The maximum atomic E-state index is 14.0. The largest absolute Gasteiger partial charge is 0.416 e. The second kappa shape index (κ2) is 10.6. The number of carbonyl (C=O) groups is 1. The van der Waals surface area contributed by atoms with Gasteiger partial charge in [0.25, 0.3) is 0 Å². The summed E-state index contributed by atoms with van der Waals surface area (Å²) >= 11 is 0. The molecular weight excluding hydrogens is 547 g/mol. The Morgan fingerprint density at radius 3 is 2.50 bits per heavy atom. The molecule has 1 N–H and O–H groups in total. The summed E-state index contributed by atoms with van der Waals surface area (Å²) in [5.41, 5.74) is 1.26. The van der Waals surface area contributed by atoms with Crippen molar-refractivity contribution in [3.05, 3.63) is 112 Å².